The minimum Gasteiger partial charge on any atom is -0.508 e. The van der Waals surface area contributed by atoms with E-state index in [9.17, 15) is 33.3 Å². The first kappa shape index (κ1) is 49.8. The SMILES string of the molecule is CC(C)=CCC/C(C)=C/CC[C@@]1(C)Oc2c(c(O)cc3c2CN(CCC[C@H](C)N2Cc4c(cc(O)c5c4O[C@](C)(CC/C=C(\C)CCC=C(C)C)[C@@H](O)C5)C2=O)C3=O)C[C@@H]1OS(N)(=O)=O. The van der Waals surface area contributed by atoms with Crippen molar-refractivity contribution in [2.24, 2.45) is 5.14 Å². The standard InChI is InChI=1S/C51H71N3O10S/c1-31(2)15-10-17-33(5)19-12-22-50(8)44(57)27-38-42(55)26-37-41(46(38)62-50)30-54(49(37)59)35(7)21-14-24-53-29-40-36(48(53)58)25-43(56)39-28-45(64-65(52,60)61)51(9,63-47(39)40)23-13-20-34(6)18-11-16-32(3)4/h15-16,19-20,25-26,35,44-45,55-57H,10-14,17-18,21-24,27-30H2,1-9H3,(H2,52,60,61)/b33-19+,34-20+/t35-,44-,45-,50+,51+/m0/s1. The molecule has 14 heteroatoms. The maximum absolute atomic E-state index is 13.9. The first-order valence-corrected chi connectivity index (χ1v) is 24.7. The van der Waals surface area contributed by atoms with Gasteiger partial charge in [-0.3, -0.25) is 13.8 Å². The average Bonchev–Trinajstić information content (AvgIpc) is 3.70. The van der Waals surface area contributed by atoms with Crippen molar-refractivity contribution in [2.75, 3.05) is 6.54 Å². The lowest BCUT2D eigenvalue weighted by atomic mass is 9.84. The van der Waals surface area contributed by atoms with E-state index in [4.69, 9.17) is 18.8 Å². The molecule has 4 aliphatic heterocycles. The van der Waals surface area contributed by atoms with Crippen LogP contribution in [-0.4, -0.2) is 81.3 Å². The second-order valence-electron chi connectivity index (χ2n) is 19.8. The van der Waals surface area contributed by atoms with Gasteiger partial charge in [-0.2, -0.15) is 8.42 Å². The molecule has 2 amide bonds. The van der Waals surface area contributed by atoms with Crippen molar-refractivity contribution < 1.29 is 47.0 Å². The van der Waals surface area contributed by atoms with Gasteiger partial charge < -0.3 is 34.6 Å². The average molecular weight is 918 g/mol. The van der Waals surface area contributed by atoms with E-state index in [1.807, 2.05) is 13.8 Å². The summed E-state index contributed by atoms with van der Waals surface area (Å²) in [6, 6.07) is 2.71. The number of hydrogen-bond donors (Lipinski definition) is 4. The number of phenolic OH excluding ortho intramolecular Hbond substituents is 2. The molecule has 5 N–H and O–H groups in total. The molecule has 0 saturated carbocycles. The van der Waals surface area contributed by atoms with Crippen LogP contribution in [0.1, 0.15) is 169 Å². The van der Waals surface area contributed by atoms with E-state index < -0.39 is 33.7 Å². The van der Waals surface area contributed by atoms with Gasteiger partial charge in [0.05, 0.1) is 30.3 Å². The summed E-state index contributed by atoms with van der Waals surface area (Å²) in [5, 5.41) is 38.9. The zero-order valence-corrected chi connectivity index (χ0v) is 40.7. The van der Waals surface area contributed by atoms with Gasteiger partial charge in [0.15, 0.2) is 0 Å². The Labute approximate surface area is 386 Å². The first-order chi connectivity index (χ1) is 30.5. The number of fused-ring (bicyclic) bond motifs is 6. The predicted octanol–water partition coefficient (Wildman–Crippen LogP) is 9.16. The number of rotatable bonds is 19. The van der Waals surface area contributed by atoms with Crippen LogP contribution in [0.4, 0.5) is 0 Å². The van der Waals surface area contributed by atoms with Crippen LogP contribution in [0, 0.1) is 0 Å². The fraction of sp³-hybridized carbons (Fsp3) is 0.569. The van der Waals surface area contributed by atoms with E-state index in [1.54, 1.807) is 16.7 Å². The molecule has 2 aromatic carbocycles. The summed E-state index contributed by atoms with van der Waals surface area (Å²) in [6.07, 6.45) is 14.3. The highest BCUT2D eigenvalue weighted by Crippen LogP contribution is 2.49. The van der Waals surface area contributed by atoms with Gasteiger partial charge in [0.2, 0.25) is 0 Å². The van der Waals surface area contributed by atoms with Crippen molar-refractivity contribution in [2.45, 2.75) is 182 Å². The van der Waals surface area contributed by atoms with Crippen LogP contribution in [0.3, 0.4) is 0 Å². The lowest BCUT2D eigenvalue weighted by Gasteiger charge is -2.42. The fourth-order valence-electron chi connectivity index (χ4n) is 9.63. The summed E-state index contributed by atoms with van der Waals surface area (Å²) < 4.78 is 43.1. The number of amides is 2. The Balaban J connectivity index is 1.11. The number of aliphatic hydroxyl groups excluding tert-OH is 1. The zero-order chi connectivity index (χ0) is 47.6. The highest BCUT2D eigenvalue weighted by molar-refractivity contribution is 7.84. The van der Waals surface area contributed by atoms with Gasteiger partial charge in [-0.15, -0.1) is 0 Å². The lowest BCUT2D eigenvalue weighted by Crippen LogP contribution is -2.52. The molecule has 0 radical (unpaired) electrons. The van der Waals surface area contributed by atoms with E-state index in [0.717, 1.165) is 32.1 Å². The summed E-state index contributed by atoms with van der Waals surface area (Å²) in [5.74, 6) is 0.145. The minimum atomic E-state index is -4.37. The number of aliphatic hydroxyl groups is 1. The van der Waals surface area contributed by atoms with Crippen molar-refractivity contribution in [1.29, 1.82) is 0 Å². The molecule has 65 heavy (non-hydrogen) atoms. The number of nitrogens with zero attached hydrogens (tertiary/aromatic N) is 2. The molecule has 0 aromatic heterocycles. The molecule has 0 saturated heterocycles. The van der Waals surface area contributed by atoms with Crippen molar-refractivity contribution in [3.8, 4) is 23.0 Å². The second-order valence-corrected chi connectivity index (χ2v) is 20.9. The van der Waals surface area contributed by atoms with Crippen LogP contribution in [0.15, 0.2) is 58.7 Å². The molecule has 5 atom stereocenters. The molecule has 4 heterocycles. The minimum absolute atomic E-state index is 0.0165. The predicted molar refractivity (Wildman–Crippen MR) is 252 cm³/mol. The van der Waals surface area contributed by atoms with Gasteiger partial charge in [-0.05, 0) is 139 Å². The molecule has 0 bridgehead atoms. The summed E-state index contributed by atoms with van der Waals surface area (Å²) in [6.45, 7) is 19.1. The monoisotopic (exact) mass is 917 g/mol. The number of aromatic hydroxyl groups is 2. The Hall–Kier alpha value is -4.63. The van der Waals surface area contributed by atoms with Crippen LogP contribution < -0.4 is 14.6 Å². The number of allylic oxidation sites excluding steroid dienone is 8. The van der Waals surface area contributed by atoms with Gasteiger partial charge in [0.25, 0.3) is 11.8 Å². The van der Waals surface area contributed by atoms with Gasteiger partial charge in [-0.25, -0.2) is 5.14 Å². The zero-order valence-electron chi connectivity index (χ0n) is 39.9. The second kappa shape index (κ2) is 20.1. The molecule has 356 valence electrons. The summed E-state index contributed by atoms with van der Waals surface area (Å²) in [5.41, 5.74) is 5.92. The summed E-state index contributed by atoms with van der Waals surface area (Å²) in [4.78, 5) is 31.3. The third-order valence-corrected chi connectivity index (χ3v) is 14.2. The van der Waals surface area contributed by atoms with Crippen molar-refractivity contribution in [3.05, 3.63) is 92.1 Å². The molecule has 2 aromatic rings. The van der Waals surface area contributed by atoms with E-state index in [0.29, 0.717) is 90.1 Å². The van der Waals surface area contributed by atoms with Crippen LogP contribution in [0.2, 0.25) is 0 Å². The molecule has 0 fully saturated rings. The van der Waals surface area contributed by atoms with Crippen molar-refractivity contribution >= 4 is 22.1 Å². The maximum Gasteiger partial charge on any atom is 0.333 e. The number of carbonyl (C=O) groups excluding carboxylic acids is 2. The fourth-order valence-corrected chi connectivity index (χ4v) is 10.2. The molecule has 0 spiro atoms. The number of phenols is 2. The Morgan fingerprint density at radius 1 is 0.785 bits per heavy atom. The lowest BCUT2D eigenvalue weighted by molar-refractivity contribution is -0.0599. The molecule has 6 rings (SSSR count). The van der Waals surface area contributed by atoms with Crippen LogP contribution >= 0.6 is 0 Å². The first-order valence-electron chi connectivity index (χ1n) is 23.2. The van der Waals surface area contributed by atoms with Gasteiger partial charge in [0.1, 0.15) is 40.3 Å². The highest BCUT2D eigenvalue weighted by Gasteiger charge is 2.48. The molecule has 0 aliphatic carbocycles. The van der Waals surface area contributed by atoms with E-state index in [1.165, 1.54) is 34.4 Å². The number of hydrogen-bond acceptors (Lipinski definition) is 10. The van der Waals surface area contributed by atoms with E-state index >= 15 is 0 Å². The maximum atomic E-state index is 13.9. The third-order valence-electron chi connectivity index (χ3n) is 13.7. The third kappa shape index (κ3) is 11.5. The topological polar surface area (TPSA) is 189 Å². The highest BCUT2D eigenvalue weighted by atomic mass is 32.2. The largest absolute Gasteiger partial charge is 0.508 e. The summed E-state index contributed by atoms with van der Waals surface area (Å²) >= 11 is 0. The Morgan fingerprint density at radius 2 is 1.29 bits per heavy atom. The Morgan fingerprint density at radius 3 is 1.85 bits per heavy atom. The Bertz CT molecular complexity index is 2400. The van der Waals surface area contributed by atoms with Gasteiger partial charge in [0, 0.05) is 47.7 Å². The van der Waals surface area contributed by atoms with Crippen molar-refractivity contribution in [1.82, 2.24) is 9.80 Å². The van der Waals surface area contributed by atoms with Gasteiger partial charge in [-0.1, -0.05) is 46.6 Å². The quantitative estimate of drug-likeness (QED) is 0.0990. The van der Waals surface area contributed by atoms with Crippen LogP contribution in [-0.2, 0) is 40.4 Å². The Kier molecular flexibility index (Phi) is 15.4. The van der Waals surface area contributed by atoms with Crippen LogP contribution in [0.5, 0.6) is 23.0 Å². The van der Waals surface area contributed by atoms with Gasteiger partial charge >= 0.3 is 10.3 Å². The number of nitrogens with two attached hydrogens (primary N) is 1. The number of ether oxygens (including phenoxy) is 2. The van der Waals surface area contributed by atoms with Crippen molar-refractivity contribution in [3.63, 3.8) is 0 Å². The van der Waals surface area contributed by atoms with E-state index in [-0.39, 0.29) is 48.7 Å². The normalized spacial score (nSPS) is 23.3. The molecular formula is C51H71N3O10S. The number of benzene rings is 2. The smallest absolute Gasteiger partial charge is 0.333 e. The summed E-state index contributed by atoms with van der Waals surface area (Å²) in [7, 11) is -4.37. The molecule has 13 nitrogen and oxygen atoms in total. The molecule has 0 unspecified atom stereocenters. The van der Waals surface area contributed by atoms with Crippen LogP contribution in [0.25, 0.3) is 0 Å². The molecule has 4 aliphatic rings. The molecular weight excluding hydrogens is 847 g/mol. The van der Waals surface area contributed by atoms with E-state index in [2.05, 4.69) is 65.8 Å². The number of carbonyl (C=O) groups is 2.